The summed E-state index contributed by atoms with van der Waals surface area (Å²) in [5.41, 5.74) is 0. The van der Waals surface area contributed by atoms with Gasteiger partial charge in [0.15, 0.2) is 0 Å². The van der Waals surface area contributed by atoms with Gasteiger partial charge in [-0.05, 0) is 33.5 Å². The van der Waals surface area contributed by atoms with Crippen molar-refractivity contribution in [1.82, 2.24) is 4.90 Å². The van der Waals surface area contributed by atoms with Crippen LogP contribution in [0.4, 0.5) is 0 Å². The van der Waals surface area contributed by atoms with E-state index in [2.05, 4.69) is 4.90 Å². The summed E-state index contributed by atoms with van der Waals surface area (Å²) in [6.45, 7) is 1.24. The van der Waals surface area contributed by atoms with Crippen molar-refractivity contribution in [3.05, 3.63) is 0 Å². The summed E-state index contributed by atoms with van der Waals surface area (Å²) in [5, 5.41) is 0. The van der Waals surface area contributed by atoms with Crippen molar-refractivity contribution in [3.8, 4) is 0 Å². The van der Waals surface area contributed by atoms with Gasteiger partial charge in [0, 0.05) is 0 Å². The first-order valence-corrected chi connectivity index (χ1v) is 5.36. The number of unbranched alkanes of at least 4 members (excludes halogenated alkanes) is 1. The molecule has 0 atom stereocenters. The van der Waals surface area contributed by atoms with E-state index in [9.17, 15) is 4.79 Å². The predicted octanol–water partition coefficient (Wildman–Crippen LogP) is 2.24. The molecule has 0 saturated heterocycles. The van der Waals surface area contributed by atoms with Gasteiger partial charge in [0.2, 0.25) is 0 Å². The van der Waals surface area contributed by atoms with Crippen LogP contribution >= 0.6 is 34.8 Å². The van der Waals surface area contributed by atoms with Crippen LogP contribution in [-0.4, -0.2) is 41.9 Å². The summed E-state index contributed by atoms with van der Waals surface area (Å²) in [5.74, 6) is -0.813. The van der Waals surface area contributed by atoms with E-state index in [4.69, 9.17) is 39.5 Å². The van der Waals surface area contributed by atoms with Gasteiger partial charge in [-0.15, -0.1) is 0 Å². The van der Waals surface area contributed by atoms with Gasteiger partial charge in [0.25, 0.3) is 3.79 Å². The van der Waals surface area contributed by atoms with Gasteiger partial charge in [-0.1, -0.05) is 34.8 Å². The van der Waals surface area contributed by atoms with Crippen molar-refractivity contribution >= 4 is 40.8 Å². The molecule has 0 aromatic heterocycles. The van der Waals surface area contributed by atoms with Gasteiger partial charge in [-0.2, -0.15) is 0 Å². The first-order chi connectivity index (χ1) is 6.34. The molecule has 0 bridgehead atoms. The van der Waals surface area contributed by atoms with Gasteiger partial charge in [0.05, 0.1) is 6.61 Å². The highest BCUT2D eigenvalue weighted by Gasteiger charge is 2.32. The number of hydrogen-bond acceptors (Lipinski definition) is 3. The van der Waals surface area contributed by atoms with E-state index >= 15 is 0 Å². The number of ether oxygens (including phenoxy) is 1. The van der Waals surface area contributed by atoms with E-state index < -0.39 is 9.76 Å². The SMILES string of the molecule is CN(C)CCCCOC(=O)C(Cl)(Cl)Cl. The Morgan fingerprint density at radius 3 is 2.29 bits per heavy atom. The third-order valence-electron chi connectivity index (χ3n) is 1.46. The van der Waals surface area contributed by atoms with Crippen molar-refractivity contribution < 1.29 is 9.53 Å². The van der Waals surface area contributed by atoms with Crippen LogP contribution in [0.5, 0.6) is 0 Å². The smallest absolute Gasteiger partial charge is 0.358 e. The number of hydrogen-bond donors (Lipinski definition) is 0. The molecule has 3 nitrogen and oxygen atoms in total. The van der Waals surface area contributed by atoms with Crippen molar-refractivity contribution in [3.63, 3.8) is 0 Å². The minimum Gasteiger partial charge on any atom is -0.463 e. The van der Waals surface area contributed by atoms with Crippen molar-refractivity contribution in [2.45, 2.75) is 16.6 Å². The molecule has 0 aromatic rings. The quantitative estimate of drug-likeness (QED) is 0.432. The maximum atomic E-state index is 10.9. The number of alkyl halides is 3. The molecule has 0 fully saturated rings. The minimum absolute atomic E-state index is 0.292. The Morgan fingerprint density at radius 1 is 1.29 bits per heavy atom. The minimum atomic E-state index is -1.96. The van der Waals surface area contributed by atoms with Gasteiger partial charge in [-0.25, -0.2) is 4.79 Å². The van der Waals surface area contributed by atoms with E-state index in [0.29, 0.717) is 6.61 Å². The standard InChI is InChI=1S/C8H14Cl3NO2/c1-12(2)5-3-4-6-14-7(13)8(9,10)11/h3-6H2,1-2H3. The van der Waals surface area contributed by atoms with Crippen LogP contribution in [0.1, 0.15) is 12.8 Å². The lowest BCUT2D eigenvalue weighted by atomic mass is 10.3. The molecule has 0 N–H and O–H groups in total. The summed E-state index contributed by atoms with van der Waals surface area (Å²) in [6, 6.07) is 0. The zero-order valence-corrected chi connectivity index (χ0v) is 10.5. The number of esters is 1. The molecule has 0 heterocycles. The maximum absolute atomic E-state index is 10.9. The lowest BCUT2D eigenvalue weighted by Crippen LogP contribution is -2.22. The number of carbonyl (C=O) groups excluding carboxylic acids is 1. The molecule has 0 saturated carbocycles. The highest BCUT2D eigenvalue weighted by atomic mass is 35.6. The third kappa shape index (κ3) is 7.68. The Labute approximate surface area is 99.2 Å². The Morgan fingerprint density at radius 2 is 1.86 bits per heavy atom. The summed E-state index contributed by atoms with van der Waals surface area (Å²) >= 11 is 15.9. The summed E-state index contributed by atoms with van der Waals surface area (Å²) in [6.07, 6.45) is 1.71. The molecule has 0 unspecified atom stereocenters. The van der Waals surface area contributed by atoms with Crippen molar-refractivity contribution in [2.75, 3.05) is 27.2 Å². The van der Waals surface area contributed by atoms with Gasteiger partial charge >= 0.3 is 5.97 Å². The fourth-order valence-corrected chi connectivity index (χ4v) is 0.940. The Kier molecular flexibility index (Phi) is 6.87. The normalized spacial score (nSPS) is 11.9. The monoisotopic (exact) mass is 261 g/mol. The highest BCUT2D eigenvalue weighted by molar-refractivity contribution is 6.75. The van der Waals surface area contributed by atoms with Crippen molar-refractivity contribution in [1.29, 1.82) is 0 Å². The zero-order valence-electron chi connectivity index (χ0n) is 8.23. The molecule has 0 radical (unpaired) electrons. The molecule has 0 amide bonds. The van der Waals surface area contributed by atoms with Crippen molar-refractivity contribution in [2.24, 2.45) is 0 Å². The fourth-order valence-electron chi connectivity index (χ4n) is 0.777. The average Bonchev–Trinajstić information content (AvgIpc) is 2.01. The van der Waals surface area contributed by atoms with E-state index in [1.165, 1.54) is 0 Å². The molecule has 0 rings (SSSR count). The summed E-state index contributed by atoms with van der Waals surface area (Å²) in [7, 11) is 3.96. The van der Waals surface area contributed by atoms with Crippen LogP contribution in [0.25, 0.3) is 0 Å². The third-order valence-corrected chi connectivity index (χ3v) is 1.93. The summed E-state index contributed by atoms with van der Waals surface area (Å²) in [4.78, 5) is 13.0. The Balaban J connectivity index is 3.42. The van der Waals surface area contributed by atoms with Gasteiger partial charge < -0.3 is 9.64 Å². The van der Waals surface area contributed by atoms with E-state index in [1.54, 1.807) is 0 Å². The fraction of sp³-hybridized carbons (Fsp3) is 0.875. The zero-order chi connectivity index (χ0) is 11.2. The summed E-state index contributed by atoms with van der Waals surface area (Å²) < 4.78 is 2.78. The molecule has 0 aromatic carbocycles. The van der Waals surface area contributed by atoms with Gasteiger partial charge in [-0.3, -0.25) is 0 Å². The maximum Gasteiger partial charge on any atom is 0.358 e. The van der Waals surface area contributed by atoms with Crippen LogP contribution in [-0.2, 0) is 9.53 Å². The molecule has 84 valence electrons. The average molecular weight is 263 g/mol. The first kappa shape index (κ1) is 14.3. The Hall–Kier alpha value is 0.300. The van der Waals surface area contributed by atoms with Crippen LogP contribution in [0, 0.1) is 0 Å². The molecule has 0 aliphatic heterocycles. The molecular weight excluding hydrogens is 248 g/mol. The van der Waals surface area contributed by atoms with Crippen LogP contribution in [0.2, 0.25) is 0 Å². The molecule has 6 heteroatoms. The second-order valence-corrected chi connectivity index (χ2v) is 5.43. The van der Waals surface area contributed by atoms with Gasteiger partial charge in [0.1, 0.15) is 0 Å². The Bertz CT molecular complexity index is 180. The lowest BCUT2D eigenvalue weighted by Gasteiger charge is -2.11. The molecule has 0 spiro atoms. The number of nitrogens with zero attached hydrogens (tertiary/aromatic N) is 1. The highest BCUT2D eigenvalue weighted by Crippen LogP contribution is 2.27. The lowest BCUT2D eigenvalue weighted by molar-refractivity contribution is -0.142. The molecular formula is C8H14Cl3NO2. The number of carbonyl (C=O) groups is 1. The second kappa shape index (κ2) is 6.72. The van der Waals surface area contributed by atoms with E-state index in [1.807, 2.05) is 14.1 Å². The molecule has 0 aliphatic carbocycles. The topological polar surface area (TPSA) is 29.5 Å². The first-order valence-electron chi connectivity index (χ1n) is 4.22. The van der Waals surface area contributed by atoms with Crippen LogP contribution in [0.3, 0.4) is 0 Å². The second-order valence-electron chi connectivity index (χ2n) is 3.14. The number of halogens is 3. The molecule has 14 heavy (non-hydrogen) atoms. The number of rotatable bonds is 5. The largest absolute Gasteiger partial charge is 0.463 e. The predicted molar refractivity (Wildman–Crippen MR) is 59.0 cm³/mol. The van der Waals surface area contributed by atoms with E-state index in [0.717, 1.165) is 19.4 Å². The van der Waals surface area contributed by atoms with Crippen LogP contribution < -0.4 is 0 Å². The van der Waals surface area contributed by atoms with E-state index in [-0.39, 0.29) is 0 Å². The molecule has 0 aliphatic rings. The van der Waals surface area contributed by atoms with Crippen LogP contribution in [0.15, 0.2) is 0 Å².